The fourth-order valence-electron chi connectivity index (χ4n) is 2.62. The first kappa shape index (κ1) is 15.0. The van der Waals surface area contributed by atoms with Crippen LogP contribution in [0.5, 0.6) is 5.75 Å². The minimum atomic E-state index is -0.453. The Kier molecular flexibility index (Phi) is 3.97. The lowest BCUT2D eigenvalue weighted by Gasteiger charge is -2.24. The minimum absolute atomic E-state index is 0.00644. The van der Waals surface area contributed by atoms with Crippen LogP contribution in [0.1, 0.15) is 11.1 Å². The van der Waals surface area contributed by atoms with Gasteiger partial charge < -0.3 is 10.1 Å². The second-order valence-corrected chi connectivity index (χ2v) is 5.57. The lowest BCUT2D eigenvalue weighted by Crippen LogP contribution is -2.32. The number of hydrogen-bond donors (Lipinski definition) is 1. The predicted octanol–water partition coefficient (Wildman–Crippen LogP) is 3.09. The molecule has 0 spiro atoms. The van der Waals surface area contributed by atoms with Gasteiger partial charge in [-0.3, -0.25) is 14.9 Å². The number of nitrogens with zero attached hydrogens (tertiary/aromatic N) is 1. The Labute approximate surface area is 133 Å². The number of anilines is 1. The van der Waals surface area contributed by atoms with Crippen LogP contribution in [0.4, 0.5) is 11.4 Å². The van der Waals surface area contributed by atoms with Gasteiger partial charge in [0.05, 0.1) is 10.8 Å². The van der Waals surface area contributed by atoms with Gasteiger partial charge in [0.1, 0.15) is 12.4 Å². The van der Waals surface area contributed by atoms with Gasteiger partial charge in [-0.05, 0) is 31.0 Å². The van der Waals surface area contributed by atoms with Crippen molar-refractivity contribution < 1.29 is 14.5 Å². The van der Waals surface area contributed by atoms with Crippen molar-refractivity contribution in [2.45, 2.75) is 13.3 Å². The number of nitrogens with one attached hydrogen (secondary N) is 1. The third-order valence-electron chi connectivity index (χ3n) is 3.92. The highest BCUT2D eigenvalue weighted by atomic mass is 16.6. The largest absolute Gasteiger partial charge is 0.492 e. The van der Waals surface area contributed by atoms with Gasteiger partial charge in [-0.25, -0.2) is 0 Å². The maximum atomic E-state index is 12.4. The molecule has 0 fully saturated rings. The summed E-state index contributed by atoms with van der Waals surface area (Å²) >= 11 is 0. The number of aryl methyl sites for hydroxylation is 1. The molecule has 0 aliphatic carbocycles. The Morgan fingerprint density at radius 3 is 2.87 bits per heavy atom. The fraction of sp³-hybridized carbons (Fsp3) is 0.235. The van der Waals surface area contributed by atoms with Crippen molar-refractivity contribution in [2.24, 2.45) is 5.92 Å². The van der Waals surface area contributed by atoms with E-state index in [2.05, 4.69) is 5.32 Å². The summed E-state index contributed by atoms with van der Waals surface area (Å²) in [4.78, 5) is 22.9. The van der Waals surface area contributed by atoms with Crippen LogP contribution < -0.4 is 10.1 Å². The third-order valence-corrected chi connectivity index (χ3v) is 3.92. The molecule has 6 heteroatoms. The second kappa shape index (κ2) is 6.08. The van der Waals surface area contributed by atoms with Gasteiger partial charge in [-0.1, -0.05) is 24.3 Å². The minimum Gasteiger partial charge on any atom is -0.492 e. The summed E-state index contributed by atoms with van der Waals surface area (Å²) in [6.07, 6.45) is 0.593. The number of rotatable bonds is 3. The number of fused-ring (bicyclic) bond motifs is 1. The molecule has 1 atom stereocenters. The summed E-state index contributed by atoms with van der Waals surface area (Å²) in [6, 6.07) is 12.3. The molecule has 0 aromatic heterocycles. The molecule has 0 saturated carbocycles. The van der Waals surface area contributed by atoms with Crippen LogP contribution in [0.3, 0.4) is 0 Å². The Hall–Kier alpha value is -2.89. The van der Waals surface area contributed by atoms with Crippen molar-refractivity contribution in [3.05, 3.63) is 63.7 Å². The second-order valence-electron chi connectivity index (χ2n) is 5.57. The van der Waals surface area contributed by atoms with Crippen LogP contribution in [0, 0.1) is 23.0 Å². The highest BCUT2D eigenvalue weighted by Gasteiger charge is 2.26. The molecule has 1 aliphatic rings. The molecular formula is C17H16N2O4. The van der Waals surface area contributed by atoms with Crippen molar-refractivity contribution in [3.63, 3.8) is 0 Å². The number of carbonyl (C=O) groups is 1. The molecule has 1 amide bonds. The number of ether oxygens (including phenoxy) is 1. The quantitative estimate of drug-likeness (QED) is 0.697. The number of carbonyl (C=O) groups excluding carboxylic acids is 1. The van der Waals surface area contributed by atoms with E-state index in [0.29, 0.717) is 24.3 Å². The van der Waals surface area contributed by atoms with Crippen molar-refractivity contribution in [2.75, 3.05) is 11.9 Å². The van der Waals surface area contributed by atoms with Gasteiger partial charge in [0.15, 0.2) is 0 Å². The predicted molar refractivity (Wildman–Crippen MR) is 85.6 cm³/mol. The molecule has 2 aromatic rings. The molecular weight excluding hydrogens is 296 g/mol. The van der Waals surface area contributed by atoms with Gasteiger partial charge in [0.2, 0.25) is 5.91 Å². The summed E-state index contributed by atoms with van der Waals surface area (Å²) < 4.78 is 5.61. The number of nitro groups is 1. The van der Waals surface area contributed by atoms with Gasteiger partial charge in [-0.15, -0.1) is 0 Å². The van der Waals surface area contributed by atoms with Crippen LogP contribution in [0.25, 0.3) is 0 Å². The van der Waals surface area contributed by atoms with E-state index in [1.54, 1.807) is 19.1 Å². The molecule has 0 bridgehead atoms. The van der Waals surface area contributed by atoms with Crippen molar-refractivity contribution in [3.8, 4) is 5.75 Å². The van der Waals surface area contributed by atoms with Gasteiger partial charge >= 0.3 is 0 Å². The van der Waals surface area contributed by atoms with E-state index in [1.807, 2.05) is 24.3 Å². The first-order chi connectivity index (χ1) is 11.0. The summed E-state index contributed by atoms with van der Waals surface area (Å²) in [7, 11) is 0. The molecule has 2 aromatic carbocycles. The van der Waals surface area contributed by atoms with E-state index in [-0.39, 0.29) is 17.5 Å². The summed E-state index contributed by atoms with van der Waals surface area (Å²) in [6.45, 7) is 1.96. The average molecular weight is 312 g/mol. The Bertz CT molecular complexity index is 773. The first-order valence-electron chi connectivity index (χ1n) is 7.31. The standard InChI is InChI=1S/C17H16N2O4/c1-11-6-7-14(9-15(11)19(21)22)18-17(20)13-8-12-4-2-3-5-16(12)23-10-13/h2-7,9,13H,8,10H2,1H3,(H,18,20). The number of hydrogen-bond acceptors (Lipinski definition) is 4. The Morgan fingerprint density at radius 2 is 2.09 bits per heavy atom. The van der Waals surface area contributed by atoms with Crippen LogP contribution in [0.15, 0.2) is 42.5 Å². The number of para-hydroxylation sites is 1. The zero-order chi connectivity index (χ0) is 16.4. The smallest absolute Gasteiger partial charge is 0.274 e. The van der Waals surface area contributed by atoms with E-state index < -0.39 is 4.92 Å². The topological polar surface area (TPSA) is 81.5 Å². The number of benzene rings is 2. The van der Waals surface area contributed by atoms with Gasteiger partial charge in [-0.2, -0.15) is 0 Å². The van der Waals surface area contributed by atoms with E-state index >= 15 is 0 Å². The summed E-state index contributed by atoms with van der Waals surface area (Å²) in [5.41, 5.74) is 1.97. The first-order valence-corrected chi connectivity index (χ1v) is 7.31. The van der Waals surface area contributed by atoms with Crippen LogP contribution >= 0.6 is 0 Å². The molecule has 6 nitrogen and oxygen atoms in total. The van der Waals surface area contributed by atoms with Crippen LogP contribution in [-0.4, -0.2) is 17.4 Å². The molecule has 3 rings (SSSR count). The molecule has 1 N–H and O–H groups in total. The maximum Gasteiger partial charge on any atom is 0.274 e. The number of amides is 1. The monoisotopic (exact) mass is 312 g/mol. The lowest BCUT2D eigenvalue weighted by molar-refractivity contribution is -0.385. The van der Waals surface area contributed by atoms with E-state index in [1.165, 1.54) is 6.07 Å². The van der Waals surface area contributed by atoms with Crippen molar-refractivity contribution in [1.29, 1.82) is 0 Å². The highest BCUT2D eigenvalue weighted by Crippen LogP contribution is 2.28. The van der Waals surface area contributed by atoms with Crippen molar-refractivity contribution >= 4 is 17.3 Å². The molecule has 1 aliphatic heterocycles. The van der Waals surface area contributed by atoms with E-state index in [0.717, 1.165) is 11.3 Å². The van der Waals surface area contributed by atoms with Gasteiger partial charge in [0.25, 0.3) is 5.69 Å². The van der Waals surface area contributed by atoms with Crippen LogP contribution in [0.2, 0.25) is 0 Å². The zero-order valence-electron chi connectivity index (χ0n) is 12.6. The molecule has 0 radical (unpaired) electrons. The molecule has 0 saturated heterocycles. The van der Waals surface area contributed by atoms with E-state index in [4.69, 9.17) is 4.74 Å². The Morgan fingerprint density at radius 1 is 1.30 bits per heavy atom. The molecule has 1 unspecified atom stereocenters. The zero-order valence-corrected chi connectivity index (χ0v) is 12.6. The lowest BCUT2D eigenvalue weighted by atomic mass is 9.96. The SMILES string of the molecule is Cc1ccc(NC(=O)C2COc3ccccc3C2)cc1[N+](=O)[O-]. The third kappa shape index (κ3) is 3.15. The highest BCUT2D eigenvalue weighted by molar-refractivity contribution is 5.93. The normalized spacial score (nSPS) is 16.1. The van der Waals surface area contributed by atoms with Gasteiger partial charge in [0, 0.05) is 17.3 Å². The fourth-order valence-corrected chi connectivity index (χ4v) is 2.62. The average Bonchev–Trinajstić information content (AvgIpc) is 2.55. The number of nitro benzene ring substituents is 1. The molecule has 23 heavy (non-hydrogen) atoms. The molecule has 1 heterocycles. The Balaban J connectivity index is 1.73. The summed E-state index contributed by atoms with van der Waals surface area (Å²) in [5.74, 6) is 0.297. The van der Waals surface area contributed by atoms with E-state index in [9.17, 15) is 14.9 Å². The van der Waals surface area contributed by atoms with Crippen LogP contribution in [-0.2, 0) is 11.2 Å². The maximum absolute atomic E-state index is 12.4. The molecule has 118 valence electrons. The summed E-state index contributed by atoms with van der Waals surface area (Å²) in [5, 5.41) is 13.7. The van der Waals surface area contributed by atoms with Crippen molar-refractivity contribution in [1.82, 2.24) is 0 Å².